The number of nitrogens with zero attached hydrogens (tertiary/aromatic N) is 1. The molecule has 2 aliphatic rings. The highest BCUT2D eigenvalue weighted by atomic mass is 16.3. The summed E-state index contributed by atoms with van der Waals surface area (Å²) in [7, 11) is 0. The fourth-order valence-corrected chi connectivity index (χ4v) is 2.45. The van der Waals surface area contributed by atoms with Crippen molar-refractivity contribution in [3.05, 3.63) is 17.8 Å². The summed E-state index contributed by atoms with van der Waals surface area (Å²) >= 11 is 0. The Bertz CT molecular complexity index is 294. The van der Waals surface area contributed by atoms with Gasteiger partial charge in [-0.25, -0.2) is 4.98 Å². The van der Waals surface area contributed by atoms with Crippen LogP contribution in [-0.2, 0) is 0 Å². The van der Waals surface area contributed by atoms with Gasteiger partial charge in [-0.05, 0) is 38.8 Å². The molecule has 0 radical (unpaired) electrons. The van der Waals surface area contributed by atoms with Crippen molar-refractivity contribution in [2.45, 2.75) is 37.8 Å². The predicted molar refractivity (Wildman–Crippen MR) is 56.5 cm³/mol. The van der Waals surface area contributed by atoms with E-state index in [9.17, 15) is 0 Å². The molecule has 2 saturated heterocycles. The molecule has 0 spiro atoms. The molecule has 2 aliphatic heterocycles. The van der Waals surface area contributed by atoms with E-state index in [1.165, 1.54) is 19.3 Å². The van der Waals surface area contributed by atoms with E-state index in [1.54, 1.807) is 0 Å². The largest absolute Gasteiger partial charge is 0.447 e. The summed E-state index contributed by atoms with van der Waals surface area (Å²) in [6, 6.07) is 0.768. The van der Waals surface area contributed by atoms with Crippen LogP contribution in [-0.4, -0.2) is 18.1 Å². The lowest BCUT2D eigenvalue weighted by Gasteiger charge is -2.05. The fraction of sp³-hybridized carbons (Fsp3) is 0.727. The van der Waals surface area contributed by atoms with Gasteiger partial charge in [-0.15, -0.1) is 0 Å². The van der Waals surface area contributed by atoms with Crippen LogP contribution in [0.15, 0.2) is 10.7 Å². The van der Waals surface area contributed by atoms with Crippen LogP contribution in [0.2, 0.25) is 0 Å². The van der Waals surface area contributed by atoms with E-state index in [2.05, 4.69) is 15.6 Å². The Labute approximate surface area is 89.5 Å². The molecule has 4 nitrogen and oxygen atoms in total. The summed E-state index contributed by atoms with van der Waals surface area (Å²) < 4.78 is 5.55. The molecule has 0 saturated carbocycles. The maximum Gasteiger partial charge on any atom is 0.211 e. The van der Waals surface area contributed by atoms with Crippen molar-refractivity contribution >= 4 is 0 Å². The molecule has 4 heteroatoms. The second-order valence-corrected chi connectivity index (χ2v) is 4.41. The van der Waals surface area contributed by atoms with E-state index < -0.39 is 0 Å². The molecule has 3 heterocycles. The summed E-state index contributed by atoms with van der Waals surface area (Å²) in [5.41, 5.74) is 1.08. The van der Waals surface area contributed by atoms with Gasteiger partial charge in [-0.3, -0.25) is 0 Å². The van der Waals surface area contributed by atoms with E-state index >= 15 is 0 Å². The van der Waals surface area contributed by atoms with Crippen LogP contribution in [0.1, 0.15) is 49.4 Å². The lowest BCUT2D eigenvalue weighted by molar-refractivity contribution is 0.429. The molecule has 3 rings (SSSR count). The summed E-state index contributed by atoms with van der Waals surface area (Å²) in [4.78, 5) is 4.58. The van der Waals surface area contributed by atoms with Gasteiger partial charge in [0.1, 0.15) is 6.26 Å². The van der Waals surface area contributed by atoms with Gasteiger partial charge in [0.2, 0.25) is 5.89 Å². The van der Waals surface area contributed by atoms with Crippen LogP contribution >= 0.6 is 0 Å². The first-order chi connectivity index (χ1) is 7.43. The van der Waals surface area contributed by atoms with E-state index in [0.717, 1.165) is 31.1 Å². The van der Waals surface area contributed by atoms with Crippen molar-refractivity contribution in [1.82, 2.24) is 15.6 Å². The number of hydrogen-bond acceptors (Lipinski definition) is 4. The Balaban J connectivity index is 1.74. The molecule has 2 N–H and O–H groups in total. The Morgan fingerprint density at radius 1 is 1.13 bits per heavy atom. The zero-order valence-corrected chi connectivity index (χ0v) is 8.83. The third kappa shape index (κ3) is 1.79. The van der Waals surface area contributed by atoms with Crippen molar-refractivity contribution in [1.29, 1.82) is 0 Å². The van der Waals surface area contributed by atoms with E-state index in [1.807, 2.05) is 6.26 Å². The average Bonchev–Trinajstić information content (AvgIpc) is 3.02. The minimum atomic E-state index is 0.347. The minimum Gasteiger partial charge on any atom is -0.447 e. The Morgan fingerprint density at radius 3 is 2.53 bits per heavy atom. The first-order valence-corrected chi connectivity index (χ1v) is 5.85. The topological polar surface area (TPSA) is 50.1 Å². The summed E-state index contributed by atoms with van der Waals surface area (Å²) in [6.45, 7) is 2.19. The van der Waals surface area contributed by atoms with Crippen LogP contribution in [0, 0.1) is 0 Å². The molecule has 0 aliphatic carbocycles. The number of nitrogens with one attached hydrogen (secondary N) is 2. The molecule has 0 bridgehead atoms. The fourth-order valence-electron chi connectivity index (χ4n) is 2.45. The lowest BCUT2D eigenvalue weighted by atomic mass is 10.2. The van der Waals surface area contributed by atoms with Crippen LogP contribution in [0.4, 0.5) is 0 Å². The normalized spacial score (nSPS) is 31.2. The highest BCUT2D eigenvalue weighted by molar-refractivity contribution is 5.07. The van der Waals surface area contributed by atoms with Gasteiger partial charge >= 0.3 is 0 Å². The van der Waals surface area contributed by atoms with Gasteiger partial charge in [0, 0.05) is 0 Å². The summed E-state index contributed by atoms with van der Waals surface area (Å²) in [6.07, 6.45) is 6.62. The van der Waals surface area contributed by atoms with Crippen LogP contribution < -0.4 is 10.6 Å². The molecule has 82 valence electrons. The minimum absolute atomic E-state index is 0.347. The average molecular weight is 207 g/mol. The third-order valence-corrected chi connectivity index (χ3v) is 3.32. The molecular weight excluding hydrogens is 190 g/mol. The van der Waals surface area contributed by atoms with Crippen molar-refractivity contribution in [2.24, 2.45) is 0 Å². The summed E-state index contributed by atoms with van der Waals surface area (Å²) in [5.74, 6) is 0.871. The van der Waals surface area contributed by atoms with E-state index in [0.29, 0.717) is 12.1 Å². The SMILES string of the molecule is c1oc(C2CCCN2)nc1C1CCCN1. The molecule has 1 aromatic heterocycles. The highest BCUT2D eigenvalue weighted by Crippen LogP contribution is 2.26. The quantitative estimate of drug-likeness (QED) is 0.772. The number of rotatable bonds is 2. The predicted octanol–water partition coefficient (Wildman–Crippen LogP) is 1.52. The molecule has 15 heavy (non-hydrogen) atoms. The van der Waals surface area contributed by atoms with E-state index in [4.69, 9.17) is 4.42 Å². The van der Waals surface area contributed by atoms with Crippen LogP contribution in [0.25, 0.3) is 0 Å². The van der Waals surface area contributed by atoms with E-state index in [-0.39, 0.29) is 0 Å². The van der Waals surface area contributed by atoms with Crippen molar-refractivity contribution < 1.29 is 4.42 Å². The molecule has 1 aromatic rings. The first kappa shape index (κ1) is 9.36. The Morgan fingerprint density at radius 2 is 1.87 bits per heavy atom. The van der Waals surface area contributed by atoms with Gasteiger partial charge in [0.25, 0.3) is 0 Å². The zero-order valence-electron chi connectivity index (χ0n) is 8.83. The van der Waals surface area contributed by atoms with Crippen molar-refractivity contribution in [3.63, 3.8) is 0 Å². The second-order valence-electron chi connectivity index (χ2n) is 4.41. The maximum absolute atomic E-state index is 5.55. The Kier molecular flexibility index (Phi) is 2.46. The highest BCUT2D eigenvalue weighted by Gasteiger charge is 2.24. The monoisotopic (exact) mass is 207 g/mol. The molecule has 0 amide bonds. The molecule has 0 aromatic carbocycles. The van der Waals surface area contributed by atoms with Gasteiger partial charge in [0.15, 0.2) is 0 Å². The van der Waals surface area contributed by atoms with Gasteiger partial charge < -0.3 is 15.1 Å². The van der Waals surface area contributed by atoms with Crippen LogP contribution in [0.3, 0.4) is 0 Å². The Hall–Kier alpha value is -0.870. The number of oxazole rings is 1. The van der Waals surface area contributed by atoms with Gasteiger partial charge in [0.05, 0.1) is 17.8 Å². The standard InChI is InChI=1S/C11H17N3O/c1-3-8(12-5-1)10-7-15-11(14-10)9-4-2-6-13-9/h7-9,12-13H,1-6H2. The number of aromatic nitrogens is 1. The maximum atomic E-state index is 5.55. The van der Waals surface area contributed by atoms with Crippen molar-refractivity contribution in [2.75, 3.05) is 13.1 Å². The third-order valence-electron chi connectivity index (χ3n) is 3.32. The molecule has 2 fully saturated rings. The molecule has 2 unspecified atom stereocenters. The second kappa shape index (κ2) is 3.94. The molecule has 2 atom stereocenters. The lowest BCUT2D eigenvalue weighted by Crippen LogP contribution is -2.15. The smallest absolute Gasteiger partial charge is 0.211 e. The van der Waals surface area contributed by atoms with Crippen LogP contribution in [0.5, 0.6) is 0 Å². The molecular formula is C11H17N3O. The zero-order chi connectivity index (χ0) is 10.1. The van der Waals surface area contributed by atoms with Crippen molar-refractivity contribution in [3.8, 4) is 0 Å². The summed E-state index contributed by atoms with van der Waals surface area (Å²) in [5, 5.41) is 6.83. The van der Waals surface area contributed by atoms with Gasteiger partial charge in [-0.2, -0.15) is 0 Å². The number of hydrogen-bond donors (Lipinski definition) is 2. The van der Waals surface area contributed by atoms with Gasteiger partial charge in [-0.1, -0.05) is 0 Å². The first-order valence-electron chi connectivity index (χ1n) is 5.85.